The van der Waals surface area contributed by atoms with Gasteiger partial charge in [-0.3, -0.25) is 0 Å². The number of nitrogens with zero attached hydrogens (tertiary/aromatic N) is 1. The zero-order chi connectivity index (χ0) is 6.81. The molecule has 0 unspecified atom stereocenters. The molecule has 2 heteroatoms. The standard InChI is InChI=1S/C4H3N.C4H5N/c1-2-5-3-4(1)5;1-2-4-5-3-1/h1-3H;1-5H. The number of aromatic nitrogens is 2. The number of rotatable bonds is 0. The first-order chi connectivity index (χ1) is 4.97. The van der Waals surface area contributed by atoms with Gasteiger partial charge >= 0.3 is 0 Å². The Morgan fingerprint density at radius 3 is 2.00 bits per heavy atom. The van der Waals surface area contributed by atoms with E-state index in [1.165, 1.54) is 5.69 Å². The number of hydrogen-bond acceptors (Lipinski definition) is 0. The van der Waals surface area contributed by atoms with Crippen molar-refractivity contribution >= 4 is 0 Å². The summed E-state index contributed by atoms with van der Waals surface area (Å²) >= 11 is 0. The van der Waals surface area contributed by atoms with Gasteiger partial charge in [-0.1, -0.05) is 0 Å². The minimum absolute atomic E-state index is 1.38. The van der Waals surface area contributed by atoms with E-state index in [1.54, 1.807) is 0 Å². The summed E-state index contributed by atoms with van der Waals surface area (Å²) in [5.74, 6) is 0. The molecule has 2 aliphatic heterocycles. The van der Waals surface area contributed by atoms with Gasteiger partial charge in [-0.25, -0.2) is 0 Å². The van der Waals surface area contributed by atoms with Gasteiger partial charge in [0.2, 0.25) is 0 Å². The lowest BCUT2D eigenvalue weighted by atomic mass is 10.5. The third kappa shape index (κ3) is 0.957. The maximum atomic E-state index is 2.86. The molecule has 0 saturated carbocycles. The smallest absolute Gasteiger partial charge is 0.0631 e. The van der Waals surface area contributed by atoms with Gasteiger partial charge in [0, 0.05) is 24.8 Å². The Bertz CT molecular complexity index is 250. The van der Waals surface area contributed by atoms with Crippen LogP contribution in [0, 0.1) is 0 Å². The first-order valence-corrected chi connectivity index (χ1v) is 3.23. The van der Waals surface area contributed by atoms with Crippen LogP contribution in [0.25, 0.3) is 5.69 Å². The molecule has 0 bridgehead atoms. The molecule has 50 valence electrons. The van der Waals surface area contributed by atoms with Gasteiger partial charge in [0.05, 0.1) is 5.69 Å². The molecule has 0 aromatic carbocycles. The second kappa shape index (κ2) is 2.06. The van der Waals surface area contributed by atoms with E-state index < -0.39 is 0 Å². The zero-order valence-corrected chi connectivity index (χ0v) is 5.49. The number of nitrogens with one attached hydrogen (secondary N) is 1. The SMILES string of the molecule is c1cc[nH]c1.c1cn2cc1-2. The van der Waals surface area contributed by atoms with Crippen molar-refractivity contribution in [2.24, 2.45) is 0 Å². The lowest BCUT2D eigenvalue weighted by Crippen LogP contribution is -1.71. The highest BCUT2D eigenvalue weighted by Gasteiger charge is 2.07. The summed E-state index contributed by atoms with van der Waals surface area (Å²) in [6.07, 6.45) is 7.87. The largest absolute Gasteiger partial charge is 0.368 e. The van der Waals surface area contributed by atoms with E-state index in [9.17, 15) is 0 Å². The lowest BCUT2D eigenvalue weighted by Gasteiger charge is -1.82. The molecule has 2 nitrogen and oxygen atoms in total. The number of hydrogen-bond donors (Lipinski definition) is 1. The Hall–Kier alpha value is -1.44. The maximum Gasteiger partial charge on any atom is 0.0631 e. The van der Waals surface area contributed by atoms with Crippen molar-refractivity contribution in [2.45, 2.75) is 0 Å². The summed E-state index contributed by atoms with van der Waals surface area (Å²) in [5, 5.41) is 0. The Morgan fingerprint density at radius 2 is 1.90 bits per heavy atom. The highest BCUT2D eigenvalue weighted by Crippen LogP contribution is 2.20. The number of aromatic amines is 1. The molecule has 0 saturated heterocycles. The predicted octanol–water partition coefficient (Wildman–Crippen LogP) is 1.81. The topological polar surface area (TPSA) is 20.7 Å². The van der Waals surface area contributed by atoms with Crippen molar-refractivity contribution in [1.29, 1.82) is 0 Å². The second-order valence-electron chi connectivity index (χ2n) is 2.16. The Kier molecular flexibility index (Phi) is 1.10. The van der Waals surface area contributed by atoms with Gasteiger partial charge in [-0.05, 0) is 18.2 Å². The monoisotopic (exact) mass is 132 g/mol. The van der Waals surface area contributed by atoms with E-state index in [1.807, 2.05) is 30.7 Å². The number of fused-ring (bicyclic) bond motifs is 1. The first-order valence-electron chi connectivity index (χ1n) is 3.23. The fourth-order valence-electron chi connectivity index (χ4n) is 0.724. The van der Waals surface area contributed by atoms with Crippen LogP contribution in [0.2, 0.25) is 0 Å². The van der Waals surface area contributed by atoms with E-state index in [4.69, 9.17) is 0 Å². The minimum atomic E-state index is 1.38. The van der Waals surface area contributed by atoms with Gasteiger partial charge in [-0.2, -0.15) is 0 Å². The van der Waals surface area contributed by atoms with Crippen molar-refractivity contribution in [3.63, 3.8) is 0 Å². The van der Waals surface area contributed by atoms with E-state index in [-0.39, 0.29) is 0 Å². The van der Waals surface area contributed by atoms with Crippen LogP contribution in [0.1, 0.15) is 0 Å². The molecule has 1 aromatic heterocycles. The second-order valence-corrected chi connectivity index (χ2v) is 2.16. The Labute approximate surface area is 59.1 Å². The van der Waals surface area contributed by atoms with Crippen molar-refractivity contribution < 1.29 is 0 Å². The van der Waals surface area contributed by atoms with Crippen molar-refractivity contribution in [3.05, 3.63) is 43.0 Å². The van der Waals surface area contributed by atoms with Crippen molar-refractivity contribution in [1.82, 2.24) is 9.55 Å². The summed E-state index contributed by atoms with van der Waals surface area (Å²) in [7, 11) is 0. The van der Waals surface area contributed by atoms with Crippen molar-refractivity contribution in [2.75, 3.05) is 0 Å². The molecule has 0 atom stereocenters. The summed E-state index contributed by atoms with van der Waals surface area (Å²) in [5.41, 5.74) is 1.38. The molecular weight excluding hydrogens is 124 g/mol. The van der Waals surface area contributed by atoms with E-state index in [0.717, 1.165) is 0 Å². The van der Waals surface area contributed by atoms with Crippen LogP contribution in [0.15, 0.2) is 43.0 Å². The summed E-state index contributed by atoms with van der Waals surface area (Å²) < 4.78 is 2.08. The molecule has 1 N–H and O–H groups in total. The molecule has 3 rings (SSSR count). The molecule has 0 radical (unpaired) electrons. The third-order valence-corrected chi connectivity index (χ3v) is 1.40. The maximum absolute atomic E-state index is 2.86. The highest BCUT2D eigenvalue weighted by molar-refractivity contribution is 5.44. The molecule has 0 spiro atoms. The Morgan fingerprint density at radius 1 is 1.20 bits per heavy atom. The quantitative estimate of drug-likeness (QED) is 0.481. The fourth-order valence-corrected chi connectivity index (χ4v) is 0.724. The summed E-state index contributed by atoms with van der Waals surface area (Å²) in [6.45, 7) is 0. The fraction of sp³-hybridized carbons (Fsp3) is 0. The van der Waals surface area contributed by atoms with Gasteiger partial charge in [0.25, 0.3) is 0 Å². The number of H-pyrrole nitrogens is 1. The Balaban J connectivity index is 0.0000000807. The molecule has 0 amide bonds. The van der Waals surface area contributed by atoms with E-state index >= 15 is 0 Å². The molecular formula is C8H8N2. The summed E-state index contributed by atoms with van der Waals surface area (Å²) in [4.78, 5) is 2.86. The van der Waals surface area contributed by atoms with Gasteiger partial charge in [-0.15, -0.1) is 0 Å². The van der Waals surface area contributed by atoms with E-state index in [2.05, 4.69) is 21.8 Å². The average molecular weight is 132 g/mol. The van der Waals surface area contributed by atoms with Crippen LogP contribution in [-0.4, -0.2) is 9.55 Å². The van der Waals surface area contributed by atoms with Gasteiger partial charge < -0.3 is 9.55 Å². The summed E-state index contributed by atoms with van der Waals surface area (Å²) in [6, 6.07) is 5.97. The molecule has 3 heterocycles. The first kappa shape index (κ1) is 5.35. The molecule has 1 aromatic rings. The molecule has 10 heavy (non-hydrogen) atoms. The van der Waals surface area contributed by atoms with Crippen LogP contribution in [-0.2, 0) is 0 Å². The normalized spacial score (nSPS) is 10.0. The third-order valence-electron chi connectivity index (χ3n) is 1.40. The van der Waals surface area contributed by atoms with Crippen molar-refractivity contribution in [3.8, 4) is 5.69 Å². The van der Waals surface area contributed by atoms with Gasteiger partial charge in [0.1, 0.15) is 0 Å². The lowest BCUT2D eigenvalue weighted by molar-refractivity contribution is 1.20. The van der Waals surface area contributed by atoms with Crippen LogP contribution in [0.5, 0.6) is 0 Å². The zero-order valence-electron chi connectivity index (χ0n) is 5.49. The van der Waals surface area contributed by atoms with Crippen LogP contribution < -0.4 is 0 Å². The molecule has 0 fully saturated rings. The van der Waals surface area contributed by atoms with Crippen LogP contribution >= 0.6 is 0 Å². The minimum Gasteiger partial charge on any atom is -0.368 e. The van der Waals surface area contributed by atoms with Crippen LogP contribution in [0.3, 0.4) is 0 Å². The molecule has 0 aliphatic carbocycles. The highest BCUT2D eigenvalue weighted by atomic mass is 15.1. The van der Waals surface area contributed by atoms with E-state index in [0.29, 0.717) is 0 Å². The molecule has 2 aliphatic rings. The predicted molar refractivity (Wildman–Crippen MR) is 40.1 cm³/mol. The van der Waals surface area contributed by atoms with Crippen LogP contribution in [0.4, 0.5) is 0 Å². The average Bonchev–Trinajstić information content (AvgIpc) is 2.43. The van der Waals surface area contributed by atoms with Gasteiger partial charge in [0.15, 0.2) is 0 Å².